The third kappa shape index (κ3) is 4.40. The third-order valence-corrected chi connectivity index (χ3v) is 6.87. The van der Waals surface area contributed by atoms with Crippen molar-refractivity contribution in [2.75, 3.05) is 19.6 Å². The van der Waals surface area contributed by atoms with Crippen molar-refractivity contribution < 1.29 is 14.0 Å². The number of carbonyl (C=O) groups is 2. The van der Waals surface area contributed by atoms with Crippen LogP contribution in [0.1, 0.15) is 51.5 Å². The number of H-pyrrole nitrogens is 1. The van der Waals surface area contributed by atoms with Gasteiger partial charge >= 0.3 is 0 Å². The molecule has 0 atom stereocenters. The molecule has 7 heteroatoms. The molecule has 3 heterocycles. The number of hydrogen-bond donors (Lipinski definition) is 1. The van der Waals surface area contributed by atoms with Gasteiger partial charge in [-0.25, -0.2) is 4.39 Å². The quantitative estimate of drug-likeness (QED) is 0.665. The normalized spacial score (nSPS) is 16.5. The summed E-state index contributed by atoms with van der Waals surface area (Å²) >= 11 is 0. The molecule has 33 heavy (non-hydrogen) atoms. The van der Waals surface area contributed by atoms with Crippen LogP contribution in [0, 0.1) is 5.82 Å². The molecule has 2 amide bonds. The highest BCUT2D eigenvalue weighted by atomic mass is 19.1. The number of likely N-dealkylation sites (tertiary alicyclic amines) is 1. The summed E-state index contributed by atoms with van der Waals surface area (Å²) in [5.74, 6) is -0.263. The lowest BCUT2D eigenvalue weighted by Crippen LogP contribution is -2.39. The molecule has 1 fully saturated rings. The van der Waals surface area contributed by atoms with Gasteiger partial charge in [0.1, 0.15) is 5.82 Å². The molecule has 5 rings (SSSR count). The first-order valence-corrected chi connectivity index (χ1v) is 11.5. The van der Waals surface area contributed by atoms with Crippen LogP contribution in [0.15, 0.2) is 54.7 Å². The zero-order chi connectivity index (χ0) is 22.8. The number of piperidine rings is 1. The van der Waals surface area contributed by atoms with Crippen LogP contribution in [-0.4, -0.2) is 51.4 Å². The van der Waals surface area contributed by atoms with Crippen molar-refractivity contribution in [2.45, 2.75) is 38.1 Å². The average molecular weight is 447 g/mol. The molecule has 1 N–H and O–H groups in total. The average Bonchev–Trinajstić information content (AvgIpc) is 3.35. The van der Waals surface area contributed by atoms with E-state index in [1.54, 1.807) is 29.3 Å². The van der Waals surface area contributed by atoms with E-state index in [2.05, 4.69) is 22.3 Å². The molecule has 3 aromatic rings. The Labute approximate surface area is 192 Å². The summed E-state index contributed by atoms with van der Waals surface area (Å²) in [5.41, 5.74) is 4.42. The van der Waals surface area contributed by atoms with Crippen molar-refractivity contribution in [3.05, 3.63) is 88.5 Å². The van der Waals surface area contributed by atoms with E-state index in [0.29, 0.717) is 37.3 Å². The predicted molar refractivity (Wildman–Crippen MR) is 122 cm³/mol. The zero-order valence-electron chi connectivity index (χ0n) is 18.5. The Bertz CT molecular complexity index is 1170. The maximum absolute atomic E-state index is 13.9. The van der Waals surface area contributed by atoms with Gasteiger partial charge in [0.05, 0.1) is 23.9 Å². The highest BCUT2D eigenvalue weighted by Gasteiger charge is 2.30. The fourth-order valence-electron chi connectivity index (χ4n) is 4.95. The monoisotopic (exact) mass is 446 g/mol. The summed E-state index contributed by atoms with van der Waals surface area (Å²) in [6.45, 7) is 2.48. The molecule has 2 aliphatic rings. The number of hydrogen-bond acceptors (Lipinski definition) is 3. The van der Waals surface area contributed by atoms with Crippen LogP contribution in [0.3, 0.4) is 0 Å². The molecule has 2 aromatic carbocycles. The standard InChI is InChI=1S/C26H27FN4O2/c27-23-8-4-3-6-20(23)15-24(32)30-12-10-19(11-13-30)25-22(16-28-29-25)26(33)31-14-9-18-5-1-2-7-21(18)17-31/h1-8,16,19H,9-15,17H2,(H,28,29). The highest BCUT2D eigenvalue weighted by Crippen LogP contribution is 2.30. The van der Waals surface area contributed by atoms with Crippen LogP contribution in [0.5, 0.6) is 0 Å². The summed E-state index contributed by atoms with van der Waals surface area (Å²) in [6.07, 6.45) is 4.05. The topological polar surface area (TPSA) is 69.3 Å². The molecule has 0 saturated carbocycles. The van der Waals surface area contributed by atoms with Gasteiger partial charge in [0.25, 0.3) is 5.91 Å². The Balaban J connectivity index is 1.22. The largest absolute Gasteiger partial charge is 0.342 e. The van der Waals surface area contributed by atoms with E-state index in [1.165, 1.54) is 17.2 Å². The van der Waals surface area contributed by atoms with Crippen molar-refractivity contribution in [2.24, 2.45) is 0 Å². The van der Waals surface area contributed by atoms with Gasteiger partial charge in [-0.05, 0) is 42.0 Å². The lowest BCUT2D eigenvalue weighted by atomic mass is 9.90. The molecular formula is C26H27FN4O2. The van der Waals surface area contributed by atoms with E-state index < -0.39 is 0 Å². The highest BCUT2D eigenvalue weighted by molar-refractivity contribution is 5.95. The van der Waals surface area contributed by atoms with Gasteiger partial charge in [0.15, 0.2) is 0 Å². The molecule has 1 saturated heterocycles. The maximum atomic E-state index is 13.9. The fourth-order valence-corrected chi connectivity index (χ4v) is 4.95. The van der Waals surface area contributed by atoms with Crippen molar-refractivity contribution in [3.8, 4) is 0 Å². The van der Waals surface area contributed by atoms with Crippen LogP contribution >= 0.6 is 0 Å². The Morgan fingerprint density at radius 3 is 2.48 bits per heavy atom. The van der Waals surface area contributed by atoms with Crippen LogP contribution in [-0.2, 0) is 24.2 Å². The third-order valence-electron chi connectivity index (χ3n) is 6.87. The second-order valence-corrected chi connectivity index (χ2v) is 8.87. The first-order chi connectivity index (χ1) is 16.1. The van der Waals surface area contributed by atoms with Crippen LogP contribution < -0.4 is 0 Å². The Morgan fingerprint density at radius 2 is 1.70 bits per heavy atom. The van der Waals surface area contributed by atoms with E-state index in [4.69, 9.17) is 0 Å². The van der Waals surface area contributed by atoms with E-state index in [0.717, 1.165) is 25.0 Å². The van der Waals surface area contributed by atoms with Gasteiger partial charge in [-0.1, -0.05) is 42.5 Å². The second-order valence-electron chi connectivity index (χ2n) is 8.87. The van der Waals surface area contributed by atoms with E-state index in [1.807, 2.05) is 17.0 Å². The van der Waals surface area contributed by atoms with Crippen molar-refractivity contribution in [1.29, 1.82) is 0 Å². The molecule has 2 aliphatic heterocycles. The zero-order valence-corrected chi connectivity index (χ0v) is 18.5. The Hall–Kier alpha value is -3.48. The van der Waals surface area contributed by atoms with Crippen molar-refractivity contribution >= 4 is 11.8 Å². The van der Waals surface area contributed by atoms with Gasteiger partial charge in [-0.2, -0.15) is 5.10 Å². The smallest absolute Gasteiger partial charge is 0.257 e. The number of aromatic nitrogens is 2. The summed E-state index contributed by atoms with van der Waals surface area (Å²) in [4.78, 5) is 29.7. The fraction of sp³-hybridized carbons (Fsp3) is 0.346. The summed E-state index contributed by atoms with van der Waals surface area (Å²) in [7, 11) is 0. The van der Waals surface area contributed by atoms with Crippen molar-refractivity contribution in [3.63, 3.8) is 0 Å². The number of fused-ring (bicyclic) bond motifs is 1. The number of carbonyl (C=O) groups excluding carboxylic acids is 2. The predicted octanol–water partition coefficient (Wildman–Crippen LogP) is 3.70. The Morgan fingerprint density at radius 1 is 0.970 bits per heavy atom. The number of amides is 2. The van der Waals surface area contributed by atoms with Gasteiger partial charge in [0, 0.05) is 32.1 Å². The molecule has 0 radical (unpaired) electrons. The van der Waals surface area contributed by atoms with Gasteiger partial charge in [0.2, 0.25) is 5.91 Å². The summed E-state index contributed by atoms with van der Waals surface area (Å²) < 4.78 is 13.9. The van der Waals surface area contributed by atoms with Crippen LogP contribution in [0.2, 0.25) is 0 Å². The van der Waals surface area contributed by atoms with Gasteiger partial charge in [-0.15, -0.1) is 0 Å². The number of aromatic amines is 1. The number of nitrogens with zero attached hydrogens (tertiary/aromatic N) is 3. The number of nitrogens with one attached hydrogen (secondary N) is 1. The molecule has 0 unspecified atom stereocenters. The van der Waals surface area contributed by atoms with E-state index in [9.17, 15) is 14.0 Å². The minimum absolute atomic E-state index is 0.00584. The second kappa shape index (κ2) is 9.17. The molecule has 6 nitrogen and oxygen atoms in total. The molecule has 170 valence electrons. The summed E-state index contributed by atoms with van der Waals surface area (Å²) in [5, 5.41) is 7.24. The van der Waals surface area contributed by atoms with Gasteiger partial charge < -0.3 is 9.80 Å². The Kier molecular flexibility index (Phi) is 5.94. The molecule has 0 spiro atoms. The number of benzene rings is 2. The molecule has 1 aromatic heterocycles. The van der Waals surface area contributed by atoms with Gasteiger partial charge in [-0.3, -0.25) is 14.7 Å². The number of rotatable bonds is 4. The number of halogens is 1. The minimum Gasteiger partial charge on any atom is -0.342 e. The van der Waals surface area contributed by atoms with Crippen LogP contribution in [0.25, 0.3) is 0 Å². The molecule has 0 bridgehead atoms. The minimum atomic E-state index is -0.346. The first-order valence-electron chi connectivity index (χ1n) is 11.5. The van der Waals surface area contributed by atoms with Crippen molar-refractivity contribution in [1.82, 2.24) is 20.0 Å². The summed E-state index contributed by atoms with van der Waals surface area (Å²) in [6, 6.07) is 14.7. The maximum Gasteiger partial charge on any atom is 0.257 e. The van der Waals surface area contributed by atoms with E-state index >= 15 is 0 Å². The lowest BCUT2D eigenvalue weighted by molar-refractivity contribution is -0.131. The first kappa shape index (κ1) is 21.4. The van der Waals surface area contributed by atoms with E-state index in [-0.39, 0.29) is 30.0 Å². The SMILES string of the molecule is O=C(Cc1ccccc1F)N1CCC(c2[nH]ncc2C(=O)N2CCc3ccccc3C2)CC1. The lowest BCUT2D eigenvalue weighted by Gasteiger charge is -2.33. The van der Waals surface area contributed by atoms with Crippen LogP contribution in [0.4, 0.5) is 4.39 Å². The molecule has 0 aliphatic carbocycles. The molecular weight excluding hydrogens is 419 g/mol.